The highest BCUT2D eigenvalue weighted by Gasteiger charge is 2.13. The second-order valence-electron chi connectivity index (χ2n) is 5.50. The number of rotatable bonds is 4. The minimum Gasteiger partial charge on any atom is -0.402 e. The van der Waals surface area contributed by atoms with Crippen LogP contribution in [-0.2, 0) is 0 Å². The molecule has 2 aromatic carbocycles. The molecule has 0 atom stereocenters. The van der Waals surface area contributed by atoms with Crippen LogP contribution in [0.2, 0.25) is 5.02 Å². The van der Waals surface area contributed by atoms with Crippen molar-refractivity contribution in [1.82, 2.24) is 20.0 Å². The number of ketones is 1. The molecule has 27 heavy (non-hydrogen) atoms. The van der Waals surface area contributed by atoms with E-state index in [1.54, 1.807) is 28.9 Å². The first kappa shape index (κ1) is 17.3. The lowest BCUT2D eigenvalue weighted by atomic mass is 10.2. The topological polar surface area (TPSA) is 86.2 Å². The van der Waals surface area contributed by atoms with Crippen molar-refractivity contribution in [1.29, 1.82) is 0 Å². The molecule has 0 saturated heterocycles. The van der Waals surface area contributed by atoms with Gasteiger partial charge in [-0.05, 0) is 36.4 Å². The highest BCUT2D eigenvalue weighted by atomic mass is 35.5. The summed E-state index contributed by atoms with van der Waals surface area (Å²) in [6, 6.07) is 16.5. The lowest BCUT2D eigenvalue weighted by Gasteiger charge is -1.99. The Kier molecular flexibility index (Phi) is 4.66. The van der Waals surface area contributed by atoms with Gasteiger partial charge in [0.2, 0.25) is 10.7 Å². The van der Waals surface area contributed by atoms with Crippen LogP contribution in [0.3, 0.4) is 0 Å². The Morgan fingerprint density at radius 1 is 1.11 bits per heavy atom. The van der Waals surface area contributed by atoms with Crippen molar-refractivity contribution in [2.75, 3.05) is 0 Å². The molecule has 0 fully saturated rings. The van der Waals surface area contributed by atoms with Crippen LogP contribution in [0, 0.1) is 0 Å². The van der Waals surface area contributed by atoms with E-state index in [0.717, 1.165) is 22.6 Å². The third kappa shape index (κ3) is 3.71. The summed E-state index contributed by atoms with van der Waals surface area (Å²) in [7, 11) is 0. The number of aromatic nitrogens is 4. The molecule has 2 heterocycles. The molecule has 9 heteroatoms. The van der Waals surface area contributed by atoms with Gasteiger partial charge in [0.05, 0.1) is 5.69 Å². The first-order valence-corrected chi connectivity index (χ1v) is 9.10. The summed E-state index contributed by atoms with van der Waals surface area (Å²) in [6.45, 7) is 1.46. The number of nitrogens with zero attached hydrogens (tertiary/aromatic N) is 5. The molecule has 0 bridgehead atoms. The van der Waals surface area contributed by atoms with E-state index < -0.39 is 0 Å². The van der Waals surface area contributed by atoms with Crippen molar-refractivity contribution in [3.05, 3.63) is 69.4 Å². The molecule has 0 N–H and O–H groups in total. The van der Waals surface area contributed by atoms with Crippen molar-refractivity contribution in [3.8, 4) is 17.1 Å². The van der Waals surface area contributed by atoms with Crippen LogP contribution in [0.25, 0.3) is 17.1 Å². The van der Waals surface area contributed by atoms with E-state index in [1.165, 1.54) is 6.92 Å². The average molecular weight is 398 g/mol. The smallest absolute Gasteiger partial charge is 0.345 e. The summed E-state index contributed by atoms with van der Waals surface area (Å²) in [4.78, 5) is 16.6. The van der Waals surface area contributed by atoms with Gasteiger partial charge < -0.3 is 4.42 Å². The quantitative estimate of drug-likeness (QED) is 0.484. The van der Waals surface area contributed by atoms with Crippen LogP contribution in [0.1, 0.15) is 16.7 Å². The first-order valence-electron chi connectivity index (χ1n) is 7.91. The molecule has 4 aromatic rings. The second kappa shape index (κ2) is 7.26. The van der Waals surface area contributed by atoms with E-state index in [0.29, 0.717) is 20.7 Å². The molecule has 0 unspecified atom stereocenters. The maximum Gasteiger partial charge on any atom is 0.345 e. The highest BCUT2D eigenvalue weighted by Crippen LogP contribution is 2.22. The maximum absolute atomic E-state index is 11.7. The van der Waals surface area contributed by atoms with Gasteiger partial charge in [-0.2, -0.15) is 10.1 Å². The van der Waals surface area contributed by atoms with Gasteiger partial charge in [0, 0.05) is 17.5 Å². The fourth-order valence-corrected chi connectivity index (χ4v) is 3.21. The summed E-state index contributed by atoms with van der Waals surface area (Å²) in [6.07, 6.45) is 0. The number of hydrogen-bond acceptors (Lipinski definition) is 7. The Morgan fingerprint density at radius 2 is 1.85 bits per heavy atom. The number of Topliss-reactive ketones (excluding diaryl/α,β-unsaturated/α-hetero) is 1. The van der Waals surface area contributed by atoms with Crippen molar-refractivity contribution in [2.24, 2.45) is 4.99 Å². The third-order valence-electron chi connectivity index (χ3n) is 3.56. The van der Waals surface area contributed by atoms with E-state index in [-0.39, 0.29) is 11.8 Å². The minimum atomic E-state index is -0.140. The lowest BCUT2D eigenvalue weighted by Crippen LogP contribution is -2.13. The molecule has 2 aromatic heterocycles. The molecule has 0 aliphatic rings. The minimum absolute atomic E-state index is 0.0726. The molecule has 134 valence electrons. The van der Waals surface area contributed by atoms with Gasteiger partial charge in [-0.1, -0.05) is 46.2 Å². The van der Waals surface area contributed by atoms with Crippen LogP contribution < -0.4 is 4.80 Å². The molecule has 0 spiro atoms. The van der Waals surface area contributed by atoms with Crippen molar-refractivity contribution in [3.63, 3.8) is 0 Å². The van der Waals surface area contributed by atoms with Crippen molar-refractivity contribution in [2.45, 2.75) is 6.92 Å². The largest absolute Gasteiger partial charge is 0.402 e. The molecule has 0 saturated carbocycles. The SMILES string of the molecule is CC(=O)c1nn(-c2ccccc2)c(=Nc2nnc(-c3ccc(Cl)cc3)o2)s1. The van der Waals surface area contributed by atoms with Crippen LogP contribution >= 0.6 is 22.9 Å². The summed E-state index contributed by atoms with van der Waals surface area (Å²) in [5.74, 6) is 0.187. The maximum atomic E-state index is 11.7. The molecule has 7 nitrogen and oxygen atoms in total. The highest BCUT2D eigenvalue weighted by molar-refractivity contribution is 7.11. The summed E-state index contributed by atoms with van der Waals surface area (Å²) in [5.41, 5.74) is 1.51. The van der Waals surface area contributed by atoms with Gasteiger partial charge in [0.1, 0.15) is 0 Å². The monoisotopic (exact) mass is 397 g/mol. The summed E-state index contributed by atoms with van der Waals surface area (Å²) >= 11 is 7.05. The van der Waals surface area contributed by atoms with Gasteiger partial charge >= 0.3 is 6.01 Å². The van der Waals surface area contributed by atoms with Gasteiger partial charge in [-0.25, -0.2) is 4.68 Å². The summed E-state index contributed by atoms with van der Waals surface area (Å²) < 4.78 is 7.20. The summed E-state index contributed by atoms with van der Waals surface area (Å²) in [5, 5.41) is 13.3. The van der Waals surface area contributed by atoms with Crippen LogP contribution in [-0.4, -0.2) is 25.8 Å². The van der Waals surface area contributed by atoms with E-state index in [4.69, 9.17) is 16.0 Å². The molecule has 0 aliphatic heterocycles. The zero-order valence-corrected chi connectivity index (χ0v) is 15.6. The van der Waals surface area contributed by atoms with Gasteiger partial charge in [0.15, 0.2) is 10.8 Å². The zero-order valence-electron chi connectivity index (χ0n) is 14.0. The Morgan fingerprint density at radius 3 is 2.56 bits per heavy atom. The van der Waals surface area contributed by atoms with Crippen molar-refractivity contribution < 1.29 is 9.21 Å². The number of halogens is 1. The number of hydrogen-bond donors (Lipinski definition) is 0. The lowest BCUT2D eigenvalue weighted by molar-refractivity contribution is 0.101. The first-order chi connectivity index (χ1) is 13.1. The zero-order chi connectivity index (χ0) is 18.8. The van der Waals surface area contributed by atoms with Gasteiger partial charge in [-0.3, -0.25) is 4.79 Å². The van der Waals surface area contributed by atoms with E-state index >= 15 is 0 Å². The van der Waals surface area contributed by atoms with E-state index in [2.05, 4.69) is 20.3 Å². The Bertz CT molecular complexity index is 1160. The van der Waals surface area contributed by atoms with Gasteiger partial charge in [0.25, 0.3) is 0 Å². The van der Waals surface area contributed by atoms with Crippen LogP contribution in [0.5, 0.6) is 0 Å². The fraction of sp³-hybridized carbons (Fsp3) is 0.0556. The fourth-order valence-electron chi connectivity index (χ4n) is 2.29. The predicted molar refractivity (Wildman–Crippen MR) is 101 cm³/mol. The number of benzene rings is 2. The van der Waals surface area contributed by atoms with E-state index in [9.17, 15) is 4.79 Å². The second-order valence-corrected chi connectivity index (χ2v) is 6.89. The molecular weight excluding hydrogens is 386 g/mol. The van der Waals surface area contributed by atoms with Crippen LogP contribution in [0.15, 0.2) is 64.0 Å². The standard InChI is InChI=1S/C18H12ClN5O2S/c1-11(25)16-23-24(14-5-3-2-4-6-14)18(27-16)20-17-22-21-15(26-17)12-7-9-13(19)10-8-12/h2-10H,1H3. The Balaban J connectivity index is 1.78. The normalized spacial score (nSPS) is 11.7. The molecular formula is C18H12ClN5O2S. The Labute approximate surface area is 162 Å². The van der Waals surface area contributed by atoms with E-state index in [1.807, 2.05) is 30.3 Å². The Hall–Kier alpha value is -3.10. The number of carbonyl (C=O) groups excluding carboxylic acids is 1. The van der Waals surface area contributed by atoms with Crippen LogP contribution in [0.4, 0.5) is 6.01 Å². The van der Waals surface area contributed by atoms with Crippen molar-refractivity contribution >= 4 is 34.7 Å². The average Bonchev–Trinajstić information content (AvgIpc) is 3.31. The molecule has 4 rings (SSSR count). The number of carbonyl (C=O) groups is 1. The molecule has 0 aliphatic carbocycles. The number of para-hydroxylation sites is 1. The molecule has 0 amide bonds. The predicted octanol–water partition coefficient (Wildman–Crippen LogP) is 4.07. The third-order valence-corrected chi connectivity index (χ3v) is 4.82. The molecule has 0 radical (unpaired) electrons. The van der Waals surface area contributed by atoms with Gasteiger partial charge in [-0.15, -0.1) is 5.10 Å².